The molecule has 0 N–H and O–H groups in total. The second kappa shape index (κ2) is 11.2. The topological polar surface area (TPSA) is 77.1 Å². The molecule has 0 spiro atoms. The van der Waals surface area contributed by atoms with Crippen molar-refractivity contribution in [2.75, 3.05) is 34.2 Å². The molecular weight excluding hydrogens is 392 g/mol. The van der Waals surface area contributed by atoms with E-state index in [1.807, 2.05) is 0 Å². The Balaban J connectivity index is 2.09. The molecule has 0 heterocycles. The van der Waals surface area contributed by atoms with Crippen LogP contribution in [0.1, 0.15) is 11.1 Å². The van der Waals surface area contributed by atoms with Crippen molar-refractivity contribution in [2.24, 2.45) is 0 Å². The van der Waals surface area contributed by atoms with Crippen molar-refractivity contribution < 1.29 is 28.3 Å². The van der Waals surface area contributed by atoms with Crippen LogP contribution in [0.5, 0.6) is 23.0 Å². The minimum absolute atomic E-state index is 0.151. The van der Waals surface area contributed by atoms with Gasteiger partial charge in [0.15, 0.2) is 5.75 Å². The fraction of sp³-hybridized carbons (Fsp3) is 0.227. The van der Waals surface area contributed by atoms with Crippen molar-refractivity contribution in [2.45, 2.75) is 0 Å². The maximum absolute atomic E-state index is 12.3. The van der Waals surface area contributed by atoms with Crippen LogP contribution in [0.15, 0.2) is 47.9 Å². The monoisotopic (exact) mass is 416 g/mol. The van der Waals surface area contributed by atoms with Crippen LogP contribution in [0.25, 0.3) is 12.2 Å². The Hall–Kier alpha value is -2.90. The fourth-order valence-electron chi connectivity index (χ4n) is 2.64. The average molecular weight is 416 g/mol. The first-order chi connectivity index (χ1) is 14.0. The second-order valence-corrected chi connectivity index (χ2v) is 7.10. The van der Waals surface area contributed by atoms with E-state index >= 15 is 0 Å². The van der Waals surface area contributed by atoms with Crippen molar-refractivity contribution in [3.05, 3.63) is 59.0 Å². The number of hydrogen-bond acceptors (Lipinski definition) is 6. The summed E-state index contributed by atoms with van der Waals surface area (Å²) >= 11 is -1.50. The highest BCUT2D eigenvalue weighted by atomic mass is 32.2. The van der Waals surface area contributed by atoms with E-state index in [0.29, 0.717) is 34.1 Å². The lowest BCUT2D eigenvalue weighted by molar-refractivity contribution is -0.112. The summed E-state index contributed by atoms with van der Waals surface area (Å²) in [5.74, 6) is 1.91. The molecule has 6 nitrogen and oxygen atoms in total. The molecule has 1 atom stereocenters. The third-order valence-corrected chi connectivity index (χ3v) is 5.05. The van der Waals surface area contributed by atoms with Crippen LogP contribution < -0.4 is 18.9 Å². The van der Waals surface area contributed by atoms with Gasteiger partial charge in [-0.25, -0.2) is 0 Å². The molecule has 0 bridgehead atoms. The Morgan fingerprint density at radius 2 is 1.24 bits per heavy atom. The Labute approximate surface area is 173 Å². The molecule has 0 amide bonds. The summed E-state index contributed by atoms with van der Waals surface area (Å²) in [4.78, 5) is 12.2. The van der Waals surface area contributed by atoms with Crippen molar-refractivity contribution in [1.29, 1.82) is 0 Å². The van der Waals surface area contributed by atoms with Gasteiger partial charge < -0.3 is 23.5 Å². The first kappa shape index (κ1) is 22.4. The van der Waals surface area contributed by atoms with E-state index in [1.54, 1.807) is 77.0 Å². The predicted molar refractivity (Wildman–Crippen MR) is 115 cm³/mol. The Morgan fingerprint density at radius 3 is 1.66 bits per heavy atom. The summed E-state index contributed by atoms with van der Waals surface area (Å²) in [6.45, 7) is 0. The molecule has 0 aliphatic carbocycles. The van der Waals surface area contributed by atoms with Gasteiger partial charge in [-0.3, -0.25) is 4.79 Å². The van der Waals surface area contributed by atoms with Crippen molar-refractivity contribution in [1.82, 2.24) is 0 Å². The van der Waals surface area contributed by atoms with Crippen LogP contribution in [0.3, 0.4) is 0 Å². The third kappa shape index (κ3) is 6.04. The van der Waals surface area contributed by atoms with Gasteiger partial charge in [0, 0.05) is 6.08 Å². The molecule has 0 radical (unpaired) electrons. The summed E-state index contributed by atoms with van der Waals surface area (Å²) in [7, 11) is 6.17. The number of ether oxygens (including phenoxy) is 4. The summed E-state index contributed by atoms with van der Waals surface area (Å²) in [6, 6.07) is 10.7. The van der Waals surface area contributed by atoms with Crippen molar-refractivity contribution in [3.8, 4) is 23.0 Å². The molecule has 1 unspecified atom stereocenters. The molecule has 0 aliphatic heterocycles. The quantitative estimate of drug-likeness (QED) is 0.434. The summed E-state index contributed by atoms with van der Waals surface area (Å²) in [6.07, 6.45) is 4.61. The van der Waals surface area contributed by atoms with E-state index in [9.17, 15) is 9.35 Å². The van der Waals surface area contributed by atoms with Crippen LogP contribution in [-0.4, -0.2) is 44.5 Å². The number of carbonyl (C=O) groups excluding carboxylic acids is 1. The van der Waals surface area contributed by atoms with Crippen LogP contribution in [-0.2, 0) is 16.0 Å². The van der Waals surface area contributed by atoms with Crippen molar-refractivity contribution in [3.63, 3.8) is 0 Å². The number of carbonyl (C=O) groups is 1. The summed E-state index contributed by atoms with van der Waals surface area (Å²) in [5.41, 5.74) is 1.30. The van der Waals surface area contributed by atoms with Gasteiger partial charge >= 0.3 is 0 Å². The molecule has 29 heavy (non-hydrogen) atoms. The average Bonchev–Trinajstić information content (AvgIpc) is 2.75. The predicted octanol–water partition coefficient (Wildman–Crippen LogP) is 3.72. The highest BCUT2D eigenvalue weighted by Gasteiger charge is 2.12. The Bertz CT molecular complexity index is 846. The molecule has 0 saturated heterocycles. The molecule has 2 aromatic carbocycles. The minimum atomic E-state index is -1.50. The first-order valence-corrected chi connectivity index (χ1v) is 10.1. The van der Waals surface area contributed by atoms with E-state index in [0.717, 1.165) is 0 Å². The number of rotatable bonds is 10. The maximum Gasteiger partial charge on any atom is 0.205 e. The molecule has 7 heteroatoms. The highest BCUT2D eigenvalue weighted by molar-refractivity contribution is 7.95. The largest absolute Gasteiger partial charge is 0.612 e. The zero-order chi connectivity index (χ0) is 21.2. The van der Waals surface area contributed by atoms with Gasteiger partial charge in [0.2, 0.25) is 5.78 Å². The molecular formula is C22H24O6S. The normalized spacial score (nSPS) is 12.2. The zero-order valence-electron chi connectivity index (χ0n) is 16.8. The molecule has 0 fully saturated rings. The lowest BCUT2D eigenvalue weighted by Crippen LogP contribution is -2.11. The minimum Gasteiger partial charge on any atom is -0.612 e. The van der Waals surface area contributed by atoms with Crippen LogP contribution in [0, 0.1) is 0 Å². The van der Waals surface area contributed by atoms with E-state index in [1.165, 1.54) is 11.5 Å². The number of methoxy groups -OCH3 is 4. The second-order valence-electron chi connectivity index (χ2n) is 5.78. The first-order valence-electron chi connectivity index (χ1n) is 8.72. The van der Waals surface area contributed by atoms with Crippen molar-refractivity contribution >= 4 is 29.1 Å². The molecule has 2 rings (SSSR count). The summed E-state index contributed by atoms with van der Waals surface area (Å²) in [5, 5.41) is 1.45. The van der Waals surface area contributed by atoms with Gasteiger partial charge in [-0.15, -0.1) is 0 Å². The molecule has 0 aliphatic rings. The standard InChI is InChI=1S/C22H24O6S/c1-25-19-7-5-8-20(26-2)17(19)12-11-16(23)15-29(24)14-13-18-21(27-3)9-6-10-22(18)28-4/h5-14H,15H2,1-4H3. The van der Waals surface area contributed by atoms with Gasteiger partial charge in [0.25, 0.3) is 0 Å². The number of ketones is 1. The van der Waals surface area contributed by atoms with Gasteiger partial charge in [-0.05, 0) is 47.6 Å². The highest BCUT2D eigenvalue weighted by Crippen LogP contribution is 2.30. The van der Waals surface area contributed by atoms with E-state index in [4.69, 9.17) is 18.9 Å². The number of benzene rings is 2. The van der Waals surface area contributed by atoms with Gasteiger partial charge in [0.1, 0.15) is 28.4 Å². The third-order valence-electron chi connectivity index (χ3n) is 4.04. The lowest BCUT2D eigenvalue weighted by atomic mass is 10.1. The fourth-order valence-corrected chi connectivity index (χ4v) is 3.41. The molecule has 0 aromatic heterocycles. The van der Waals surface area contributed by atoms with Gasteiger partial charge in [0.05, 0.1) is 39.6 Å². The van der Waals surface area contributed by atoms with Crippen LogP contribution in [0.2, 0.25) is 0 Å². The van der Waals surface area contributed by atoms with Gasteiger partial charge in [-0.1, -0.05) is 12.1 Å². The Morgan fingerprint density at radius 1 is 0.828 bits per heavy atom. The lowest BCUT2D eigenvalue weighted by Gasteiger charge is -2.10. The number of hydrogen-bond donors (Lipinski definition) is 0. The van der Waals surface area contributed by atoms with E-state index in [-0.39, 0.29) is 11.5 Å². The van der Waals surface area contributed by atoms with E-state index < -0.39 is 11.2 Å². The smallest absolute Gasteiger partial charge is 0.205 e. The SMILES string of the molecule is COc1cccc(OC)c1C=CC(=O)C[S+]([O-])C=Cc1c(OC)cccc1OC. The zero-order valence-corrected chi connectivity index (χ0v) is 17.7. The van der Waals surface area contributed by atoms with E-state index in [2.05, 4.69) is 0 Å². The summed E-state index contributed by atoms with van der Waals surface area (Å²) < 4.78 is 33.5. The van der Waals surface area contributed by atoms with Crippen LogP contribution >= 0.6 is 0 Å². The van der Waals surface area contributed by atoms with Crippen LogP contribution in [0.4, 0.5) is 0 Å². The maximum atomic E-state index is 12.3. The Kier molecular flexibility index (Phi) is 8.64. The molecule has 2 aromatic rings. The number of allylic oxidation sites excluding steroid dienone is 1. The molecule has 154 valence electrons. The molecule has 0 saturated carbocycles. The van der Waals surface area contributed by atoms with Gasteiger partial charge in [-0.2, -0.15) is 0 Å².